The average molecular weight is 293 g/mol. The Labute approximate surface area is 118 Å². The number of halogens is 3. The third kappa shape index (κ3) is 2.49. The van der Waals surface area contributed by atoms with E-state index < -0.39 is 17.5 Å². The summed E-state index contributed by atoms with van der Waals surface area (Å²) in [6.45, 7) is 0.500. The first-order valence-electron chi connectivity index (χ1n) is 6.29. The number of para-hydroxylation sites is 1. The zero-order chi connectivity index (χ0) is 15.0. The molecule has 0 radical (unpaired) electrons. The molecule has 0 unspecified atom stereocenters. The molecule has 0 amide bonds. The van der Waals surface area contributed by atoms with Crippen LogP contribution in [0.2, 0.25) is 0 Å². The van der Waals surface area contributed by atoms with Crippen LogP contribution in [0.25, 0.3) is 0 Å². The molecule has 0 saturated heterocycles. The lowest BCUT2D eigenvalue weighted by Crippen LogP contribution is -2.09. The number of carbonyl (C=O) groups excluding carboxylic acids is 1. The van der Waals surface area contributed by atoms with E-state index in [0.717, 1.165) is 24.1 Å². The van der Waals surface area contributed by atoms with E-state index in [1.807, 2.05) is 6.07 Å². The second kappa shape index (κ2) is 4.87. The first kappa shape index (κ1) is 13.6. The lowest BCUT2D eigenvalue weighted by molar-refractivity contribution is -0.137. The number of aromatic nitrogens is 1. The van der Waals surface area contributed by atoms with Crippen molar-refractivity contribution in [2.45, 2.75) is 12.6 Å². The topological polar surface area (TPSA) is 39.2 Å². The molecule has 1 aliphatic heterocycles. The van der Waals surface area contributed by atoms with Gasteiger partial charge in [0.05, 0.1) is 17.7 Å². The number of carbonyl (C=O) groups is 1. The van der Waals surface area contributed by atoms with Gasteiger partial charge in [0.2, 0.25) is 5.78 Å². The maximum atomic E-state index is 12.5. The fraction of sp³-hybridized carbons (Fsp3) is 0.200. The van der Waals surface area contributed by atoms with Crippen molar-refractivity contribution in [1.82, 2.24) is 4.98 Å². The van der Waals surface area contributed by atoms with Crippen LogP contribution >= 0.6 is 0 Å². The number of benzene rings is 1. The van der Waals surface area contributed by atoms with Crippen LogP contribution in [-0.4, -0.2) is 17.4 Å². The highest BCUT2D eigenvalue weighted by molar-refractivity contribution is 6.09. The van der Waals surface area contributed by atoms with E-state index in [2.05, 4.69) is 4.98 Å². The van der Waals surface area contributed by atoms with E-state index in [-0.39, 0.29) is 5.69 Å². The van der Waals surface area contributed by atoms with Gasteiger partial charge in [-0.05, 0) is 23.8 Å². The Hall–Kier alpha value is -2.37. The van der Waals surface area contributed by atoms with Gasteiger partial charge in [-0.2, -0.15) is 13.2 Å². The standard InChI is InChI=1S/C15H10F3NO2/c16-15(17,18)10-4-5-12(19-8-10)13(20)11-3-1-2-9-6-7-21-14(9)11/h1-5,8H,6-7H2. The summed E-state index contributed by atoms with van der Waals surface area (Å²) in [6.07, 6.45) is -3.08. The molecule has 0 aliphatic carbocycles. The second-order valence-corrected chi connectivity index (χ2v) is 4.65. The fourth-order valence-corrected chi connectivity index (χ4v) is 2.23. The molecule has 0 N–H and O–H groups in total. The molecule has 0 bridgehead atoms. The Morgan fingerprint density at radius 2 is 2.00 bits per heavy atom. The van der Waals surface area contributed by atoms with Gasteiger partial charge in [-0.15, -0.1) is 0 Å². The SMILES string of the molecule is O=C(c1ccc(C(F)(F)F)cn1)c1cccc2c1OCC2. The Kier molecular flexibility index (Phi) is 3.16. The lowest BCUT2D eigenvalue weighted by Gasteiger charge is -2.08. The Morgan fingerprint density at radius 1 is 1.19 bits per heavy atom. The molecule has 108 valence electrons. The minimum Gasteiger partial charge on any atom is -0.492 e. The first-order valence-corrected chi connectivity index (χ1v) is 6.29. The molecular formula is C15H10F3NO2. The minimum atomic E-state index is -4.47. The van der Waals surface area contributed by atoms with Gasteiger partial charge in [-0.25, -0.2) is 0 Å². The zero-order valence-electron chi connectivity index (χ0n) is 10.8. The molecule has 2 aromatic rings. The van der Waals surface area contributed by atoms with Crippen LogP contribution in [-0.2, 0) is 12.6 Å². The van der Waals surface area contributed by atoms with Gasteiger partial charge in [0.1, 0.15) is 11.4 Å². The predicted molar refractivity (Wildman–Crippen MR) is 68.3 cm³/mol. The van der Waals surface area contributed by atoms with E-state index in [0.29, 0.717) is 24.1 Å². The molecule has 1 aromatic carbocycles. The zero-order valence-corrected chi connectivity index (χ0v) is 10.8. The molecule has 2 heterocycles. The van der Waals surface area contributed by atoms with Gasteiger partial charge < -0.3 is 4.74 Å². The lowest BCUT2D eigenvalue weighted by atomic mass is 10.0. The number of alkyl halides is 3. The van der Waals surface area contributed by atoms with Gasteiger partial charge in [-0.1, -0.05) is 12.1 Å². The van der Waals surface area contributed by atoms with E-state index >= 15 is 0 Å². The van der Waals surface area contributed by atoms with Crippen LogP contribution in [0.15, 0.2) is 36.5 Å². The molecular weight excluding hydrogens is 283 g/mol. The van der Waals surface area contributed by atoms with Crippen molar-refractivity contribution < 1.29 is 22.7 Å². The second-order valence-electron chi connectivity index (χ2n) is 4.65. The molecule has 0 atom stereocenters. The van der Waals surface area contributed by atoms with Gasteiger partial charge in [0, 0.05) is 12.6 Å². The highest BCUT2D eigenvalue weighted by atomic mass is 19.4. The molecule has 3 nitrogen and oxygen atoms in total. The van der Waals surface area contributed by atoms with Crippen molar-refractivity contribution in [3.05, 3.63) is 58.9 Å². The van der Waals surface area contributed by atoms with Gasteiger partial charge in [0.15, 0.2) is 0 Å². The van der Waals surface area contributed by atoms with E-state index in [9.17, 15) is 18.0 Å². The molecule has 1 aromatic heterocycles. The smallest absolute Gasteiger partial charge is 0.417 e. The summed E-state index contributed by atoms with van der Waals surface area (Å²) in [7, 11) is 0. The quantitative estimate of drug-likeness (QED) is 0.798. The molecule has 1 aliphatic rings. The summed E-state index contributed by atoms with van der Waals surface area (Å²) in [5, 5.41) is 0. The minimum absolute atomic E-state index is 0.0353. The third-order valence-electron chi connectivity index (χ3n) is 3.28. The van der Waals surface area contributed by atoms with Crippen LogP contribution in [0, 0.1) is 0 Å². The fourth-order valence-electron chi connectivity index (χ4n) is 2.23. The van der Waals surface area contributed by atoms with Gasteiger partial charge in [0.25, 0.3) is 0 Å². The van der Waals surface area contributed by atoms with Crippen LogP contribution < -0.4 is 4.74 Å². The Morgan fingerprint density at radius 3 is 2.67 bits per heavy atom. The van der Waals surface area contributed by atoms with Crippen molar-refractivity contribution in [2.24, 2.45) is 0 Å². The number of fused-ring (bicyclic) bond motifs is 1. The summed E-state index contributed by atoms with van der Waals surface area (Å²) < 4.78 is 42.9. The Balaban J connectivity index is 1.95. The van der Waals surface area contributed by atoms with Crippen LogP contribution in [0.1, 0.15) is 27.2 Å². The van der Waals surface area contributed by atoms with Gasteiger partial charge in [-0.3, -0.25) is 9.78 Å². The summed E-state index contributed by atoms with van der Waals surface area (Å²) in [5.74, 6) is 0.0617. The summed E-state index contributed by atoms with van der Waals surface area (Å²) in [6, 6.07) is 7.11. The summed E-state index contributed by atoms with van der Waals surface area (Å²) in [5.41, 5.74) is 0.338. The Bertz CT molecular complexity index is 693. The number of ether oxygens (including phenoxy) is 1. The summed E-state index contributed by atoms with van der Waals surface area (Å²) >= 11 is 0. The first-order chi connectivity index (χ1) is 9.97. The highest BCUT2D eigenvalue weighted by Crippen LogP contribution is 2.32. The number of nitrogens with zero attached hydrogens (tertiary/aromatic N) is 1. The molecule has 21 heavy (non-hydrogen) atoms. The van der Waals surface area contributed by atoms with E-state index in [1.54, 1.807) is 12.1 Å². The number of rotatable bonds is 2. The number of ketones is 1. The molecule has 0 fully saturated rings. The highest BCUT2D eigenvalue weighted by Gasteiger charge is 2.31. The van der Waals surface area contributed by atoms with Gasteiger partial charge >= 0.3 is 6.18 Å². The van der Waals surface area contributed by atoms with E-state index in [1.165, 1.54) is 0 Å². The van der Waals surface area contributed by atoms with Crippen molar-refractivity contribution in [3.8, 4) is 5.75 Å². The van der Waals surface area contributed by atoms with Crippen LogP contribution in [0.3, 0.4) is 0 Å². The molecule has 6 heteroatoms. The average Bonchev–Trinajstić information content (AvgIpc) is 2.94. The summed E-state index contributed by atoms with van der Waals surface area (Å²) in [4.78, 5) is 16.0. The molecule has 3 rings (SSSR count). The third-order valence-corrected chi connectivity index (χ3v) is 3.28. The molecule has 0 saturated carbocycles. The maximum Gasteiger partial charge on any atom is 0.417 e. The van der Waals surface area contributed by atoms with Crippen molar-refractivity contribution in [2.75, 3.05) is 6.61 Å². The number of hydrogen-bond donors (Lipinski definition) is 0. The maximum absolute atomic E-state index is 12.5. The molecule has 0 spiro atoms. The van der Waals surface area contributed by atoms with E-state index in [4.69, 9.17) is 4.74 Å². The van der Waals surface area contributed by atoms with Crippen LogP contribution in [0.5, 0.6) is 5.75 Å². The van der Waals surface area contributed by atoms with Crippen molar-refractivity contribution >= 4 is 5.78 Å². The number of pyridine rings is 1. The van der Waals surface area contributed by atoms with Crippen LogP contribution in [0.4, 0.5) is 13.2 Å². The monoisotopic (exact) mass is 293 g/mol. The largest absolute Gasteiger partial charge is 0.492 e. The number of hydrogen-bond acceptors (Lipinski definition) is 3. The normalized spacial score (nSPS) is 13.7. The predicted octanol–water partition coefficient (Wildman–Crippen LogP) is 3.27. The van der Waals surface area contributed by atoms with Crippen molar-refractivity contribution in [3.63, 3.8) is 0 Å². The van der Waals surface area contributed by atoms with Crippen molar-refractivity contribution in [1.29, 1.82) is 0 Å².